The number of rotatable bonds is 9. The number of methoxy groups -OCH3 is 1. The van der Waals surface area contributed by atoms with Crippen LogP contribution in [0.5, 0.6) is 5.75 Å². The zero-order chi connectivity index (χ0) is 26.6. The van der Waals surface area contributed by atoms with Gasteiger partial charge in [0.25, 0.3) is 0 Å². The highest BCUT2D eigenvalue weighted by molar-refractivity contribution is 7.11. The summed E-state index contributed by atoms with van der Waals surface area (Å²) in [6, 6.07) is 5.99. The zero-order valence-electron chi connectivity index (χ0n) is 19.7. The Morgan fingerprint density at radius 1 is 1.16 bits per heavy atom. The van der Waals surface area contributed by atoms with Crippen LogP contribution in [-0.2, 0) is 22.4 Å². The molecule has 0 aliphatic heterocycles. The van der Waals surface area contributed by atoms with E-state index in [1.807, 2.05) is 6.07 Å². The number of ether oxygens (including phenoxy) is 2. The summed E-state index contributed by atoms with van der Waals surface area (Å²) in [5.74, 6) is -1.38. The molecule has 2 heterocycles. The average molecular weight is 538 g/mol. The first-order chi connectivity index (χ1) is 17.6. The molecule has 2 atom stereocenters. The van der Waals surface area contributed by atoms with Gasteiger partial charge in [-0.05, 0) is 61.1 Å². The van der Waals surface area contributed by atoms with Crippen LogP contribution >= 0.6 is 11.3 Å². The quantitative estimate of drug-likeness (QED) is 0.385. The summed E-state index contributed by atoms with van der Waals surface area (Å²) < 4.78 is 60.9. The van der Waals surface area contributed by atoms with Crippen molar-refractivity contribution in [3.63, 3.8) is 0 Å². The Morgan fingerprint density at radius 2 is 1.95 bits per heavy atom. The molecule has 0 bridgehead atoms. The highest BCUT2D eigenvalue weighted by atomic mass is 32.1. The fourth-order valence-corrected chi connectivity index (χ4v) is 5.07. The maximum Gasteiger partial charge on any atom is 0.573 e. The number of aromatic nitrogens is 4. The highest BCUT2D eigenvalue weighted by Gasteiger charge is 2.32. The third kappa shape index (κ3) is 7.07. The molecule has 4 rings (SSSR count). The van der Waals surface area contributed by atoms with Crippen molar-refractivity contribution in [3.05, 3.63) is 63.5 Å². The van der Waals surface area contributed by atoms with E-state index in [1.54, 1.807) is 6.07 Å². The summed E-state index contributed by atoms with van der Waals surface area (Å²) in [6.07, 6.45) is -1.18. The van der Waals surface area contributed by atoms with Crippen molar-refractivity contribution in [2.75, 3.05) is 12.8 Å². The van der Waals surface area contributed by atoms with E-state index in [0.717, 1.165) is 53.7 Å². The number of benzene rings is 1. The number of nitrogens with two attached hydrogens (primary N) is 1. The number of ketones is 1. The third-order valence-corrected chi connectivity index (χ3v) is 6.79. The minimum absolute atomic E-state index is 0.204. The average Bonchev–Trinajstić information content (AvgIpc) is 3.28. The van der Waals surface area contributed by atoms with Gasteiger partial charge in [0, 0.05) is 19.1 Å². The first-order valence-electron chi connectivity index (χ1n) is 11.3. The SMILES string of the molecule is COC(C(=O)Cc1nnc(CC2CC=C(c3ccc(N)nn3)CC2)s1)c1cc(OC(F)(F)F)ccc1F. The molecule has 1 aromatic carbocycles. The lowest BCUT2D eigenvalue weighted by Gasteiger charge is -2.20. The molecule has 0 amide bonds. The van der Waals surface area contributed by atoms with Crippen LogP contribution in [0.25, 0.3) is 5.57 Å². The van der Waals surface area contributed by atoms with E-state index in [9.17, 15) is 22.4 Å². The molecule has 1 aliphatic rings. The lowest BCUT2D eigenvalue weighted by atomic mass is 9.86. The van der Waals surface area contributed by atoms with Crippen molar-refractivity contribution in [2.24, 2.45) is 5.92 Å². The van der Waals surface area contributed by atoms with Crippen LogP contribution in [0.3, 0.4) is 0 Å². The number of hydrogen-bond donors (Lipinski definition) is 1. The standard InChI is InChI=1S/C24H23F4N5O3S/c1-35-23(16-11-15(6-7-17(16)25)36-24(26,27)28)19(34)12-22-33-32-21(37-22)10-13-2-4-14(5-3-13)18-8-9-20(29)31-30-18/h4,6-9,11,13,23H,2-3,5,10,12H2,1H3,(H2,29,31). The lowest BCUT2D eigenvalue weighted by Crippen LogP contribution is -2.20. The maximum atomic E-state index is 14.3. The summed E-state index contributed by atoms with van der Waals surface area (Å²) in [7, 11) is 1.17. The van der Waals surface area contributed by atoms with Gasteiger partial charge in [-0.25, -0.2) is 4.39 Å². The Hall–Kier alpha value is -3.45. The molecule has 0 saturated carbocycles. The Bertz CT molecular complexity index is 1280. The van der Waals surface area contributed by atoms with Crippen molar-refractivity contribution in [3.8, 4) is 5.75 Å². The molecule has 2 aromatic heterocycles. The van der Waals surface area contributed by atoms with E-state index >= 15 is 0 Å². The number of Topliss-reactive ketones (excluding diaryl/α,β-unsaturated/α-hetero) is 1. The monoisotopic (exact) mass is 537 g/mol. The number of nitrogen functional groups attached to an aromatic ring is 1. The molecule has 37 heavy (non-hydrogen) atoms. The van der Waals surface area contributed by atoms with Crippen LogP contribution in [-0.4, -0.2) is 39.7 Å². The molecule has 2 N–H and O–H groups in total. The van der Waals surface area contributed by atoms with Crippen molar-refractivity contribution in [1.82, 2.24) is 20.4 Å². The third-order valence-electron chi connectivity index (χ3n) is 5.84. The zero-order valence-corrected chi connectivity index (χ0v) is 20.5. The van der Waals surface area contributed by atoms with Gasteiger partial charge in [0.05, 0.1) is 12.1 Å². The number of anilines is 1. The molecule has 13 heteroatoms. The molecule has 196 valence electrons. The van der Waals surface area contributed by atoms with Crippen LogP contribution in [0.2, 0.25) is 0 Å². The number of hydrogen-bond acceptors (Lipinski definition) is 9. The molecule has 3 aromatic rings. The molecule has 0 saturated heterocycles. The number of allylic oxidation sites excluding steroid dienone is 2. The van der Waals surface area contributed by atoms with E-state index in [2.05, 4.69) is 31.2 Å². The van der Waals surface area contributed by atoms with Crippen molar-refractivity contribution < 1.29 is 31.8 Å². The van der Waals surface area contributed by atoms with Gasteiger partial charge >= 0.3 is 6.36 Å². The van der Waals surface area contributed by atoms with Crippen LogP contribution < -0.4 is 10.5 Å². The normalized spacial score (nSPS) is 16.8. The smallest absolute Gasteiger partial charge is 0.406 e. The second kappa shape index (κ2) is 11.3. The Kier molecular flexibility index (Phi) is 8.13. The summed E-state index contributed by atoms with van der Waals surface area (Å²) in [6.45, 7) is 0. The number of carbonyl (C=O) groups is 1. The van der Waals surface area contributed by atoms with Gasteiger partial charge in [0.1, 0.15) is 33.5 Å². The lowest BCUT2D eigenvalue weighted by molar-refractivity contribution is -0.274. The molecule has 0 radical (unpaired) electrons. The van der Waals surface area contributed by atoms with Crippen molar-refractivity contribution in [1.29, 1.82) is 0 Å². The highest BCUT2D eigenvalue weighted by Crippen LogP contribution is 2.33. The predicted octanol–water partition coefficient (Wildman–Crippen LogP) is 4.87. The van der Waals surface area contributed by atoms with Crippen LogP contribution in [0, 0.1) is 11.7 Å². The molecule has 2 unspecified atom stereocenters. The molecule has 8 nitrogen and oxygen atoms in total. The topological polar surface area (TPSA) is 113 Å². The summed E-state index contributed by atoms with van der Waals surface area (Å²) in [5.41, 5.74) is 7.17. The van der Waals surface area contributed by atoms with E-state index in [-0.39, 0.29) is 12.0 Å². The molecular formula is C24H23F4N5O3S. The molecule has 0 spiro atoms. The van der Waals surface area contributed by atoms with Crippen LogP contribution in [0.4, 0.5) is 23.4 Å². The molecule has 0 fully saturated rings. The Labute approximate surface area is 213 Å². The van der Waals surface area contributed by atoms with Gasteiger partial charge in [-0.2, -0.15) is 0 Å². The van der Waals surface area contributed by atoms with E-state index in [1.165, 1.54) is 18.4 Å². The van der Waals surface area contributed by atoms with Gasteiger partial charge < -0.3 is 15.2 Å². The first-order valence-corrected chi connectivity index (χ1v) is 12.1. The van der Waals surface area contributed by atoms with E-state index in [4.69, 9.17) is 10.5 Å². The van der Waals surface area contributed by atoms with Gasteiger partial charge in [-0.1, -0.05) is 6.08 Å². The largest absolute Gasteiger partial charge is 0.573 e. The molecular weight excluding hydrogens is 514 g/mol. The van der Waals surface area contributed by atoms with Gasteiger partial charge in [-0.3, -0.25) is 4.79 Å². The fraction of sp³-hybridized carbons (Fsp3) is 0.375. The fourth-order valence-electron chi connectivity index (χ4n) is 4.10. The van der Waals surface area contributed by atoms with E-state index < -0.39 is 29.8 Å². The van der Waals surface area contributed by atoms with Gasteiger partial charge in [0.2, 0.25) is 0 Å². The van der Waals surface area contributed by atoms with E-state index in [0.29, 0.717) is 23.2 Å². The maximum absolute atomic E-state index is 14.3. The van der Waals surface area contributed by atoms with Crippen molar-refractivity contribution >= 4 is 28.5 Å². The summed E-state index contributed by atoms with van der Waals surface area (Å²) >= 11 is 1.27. The number of alkyl halides is 3. The Morgan fingerprint density at radius 3 is 2.59 bits per heavy atom. The second-order valence-corrected chi connectivity index (χ2v) is 9.64. The second-order valence-electron chi connectivity index (χ2n) is 8.50. The minimum Gasteiger partial charge on any atom is -0.406 e. The number of halogens is 4. The summed E-state index contributed by atoms with van der Waals surface area (Å²) in [5, 5.41) is 17.4. The van der Waals surface area contributed by atoms with Crippen molar-refractivity contribution in [2.45, 2.75) is 44.6 Å². The minimum atomic E-state index is -4.95. The number of nitrogens with zero attached hydrogens (tertiary/aromatic N) is 4. The summed E-state index contributed by atoms with van der Waals surface area (Å²) in [4.78, 5) is 12.8. The predicted molar refractivity (Wildman–Crippen MR) is 127 cm³/mol. The van der Waals surface area contributed by atoms with Gasteiger partial charge in [-0.15, -0.1) is 44.9 Å². The number of carbonyl (C=O) groups excluding carboxylic acids is 1. The molecule has 1 aliphatic carbocycles. The first kappa shape index (κ1) is 26.6. The van der Waals surface area contributed by atoms with Crippen LogP contribution in [0.1, 0.15) is 46.6 Å². The Balaban J connectivity index is 1.37. The van der Waals surface area contributed by atoms with Crippen LogP contribution in [0.15, 0.2) is 36.4 Å². The van der Waals surface area contributed by atoms with Gasteiger partial charge in [0.15, 0.2) is 5.78 Å².